The number of hydrogen-bond donors (Lipinski definition) is 3. The topological polar surface area (TPSA) is 93.3 Å². The van der Waals surface area contributed by atoms with Crippen LogP contribution in [0.5, 0.6) is 5.75 Å². The van der Waals surface area contributed by atoms with Crippen molar-refractivity contribution < 1.29 is 5.11 Å². The van der Waals surface area contributed by atoms with Crippen LogP contribution in [0.15, 0.2) is 23.3 Å². The van der Waals surface area contributed by atoms with Crippen molar-refractivity contribution in [2.45, 2.75) is 5.75 Å². The minimum Gasteiger partial charge on any atom is -0.506 e. The molecule has 0 aromatic carbocycles. The van der Waals surface area contributed by atoms with Gasteiger partial charge in [0.15, 0.2) is 6.19 Å². The number of nitriles is 1. The van der Waals surface area contributed by atoms with Crippen LogP contribution in [0.1, 0.15) is 5.69 Å². The summed E-state index contributed by atoms with van der Waals surface area (Å²) in [6.07, 6.45) is 3.46. The van der Waals surface area contributed by atoms with Gasteiger partial charge in [-0.2, -0.15) is 17.0 Å². The van der Waals surface area contributed by atoms with Crippen molar-refractivity contribution in [1.82, 2.24) is 15.6 Å². The van der Waals surface area contributed by atoms with Crippen LogP contribution in [0, 0.1) is 11.5 Å². The summed E-state index contributed by atoms with van der Waals surface area (Å²) in [5.74, 6) is 2.15. The van der Waals surface area contributed by atoms with Crippen LogP contribution in [-0.4, -0.2) is 35.4 Å². The van der Waals surface area contributed by atoms with Crippen molar-refractivity contribution in [1.29, 1.82) is 5.26 Å². The molecular weight excluding hydrogens is 250 g/mol. The van der Waals surface area contributed by atoms with Crippen LogP contribution in [-0.2, 0) is 5.75 Å². The fourth-order valence-corrected chi connectivity index (χ4v) is 1.99. The van der Waals surface area contributed by atoms with Crippen LogP contribution in [0.3, 0.4) is 0 Å². The van der Waals surface area contributed by atoms with Gasteiger partial charge in [-0.25, -0.2) is 0 Å². The van der Waals surface area contributed by atoms with E-state index in [-0.39, 0.29) is 5.75 Å². The highest BCUT2D eigenvalue weighted by Gasteiger charge is 2.01. The Hall–Kier alpha value is -1.94. The molecule has 7 heteroatoms. The maximum absolute atomic E-state index is 9.51. The highest BCUT2D eigenvalue weighted by molar-refractivity contribution is 7.98. The fraction of sp³-hybridized carbons (Fsp3) is 0.364. The first kappa shape index (κ1) is 14.1. The Balaban J connectivity index is 2.20. The summed E-state index contributed by atoms with van der Waals surface area (Å²) in [6, 6.07) is 3.32. The van der Waals surface area contributed by atoms with Crippen LogP contribution in [0.4, 0.5) is 0 Å². The van der Waals surface area contributed by atoms with Crippen molar-refractivity contribution in [3.8, 4) is 11.9 Å². The summed E-state index contributed by atoms with van der Waals surface area (Å²) in [5, 5.41) is 23.3. The number of nitrogens with zero attached hydrogens (tertiary/aromatic N) is 3. The lowest BCUT2D eigenvalue weighted by Gasteiger charge is -2.07. The number of aromatic nitrogens is 1. The summed E-state index contributed by atoms with van der Waals surface area (Å²) >= 11 is 1.64. The largest absolute Gasteiger partial charge is 0.506 e. The summed E-state index contributed by atoms with van der Waals surface area (Å²) in [6.45, 7) is 0.680. The summed E-state index contributed by atoms with van der Waals surface area (Å²) in [7, 11) is 1.60. The lowest BCUT2D eigenvalue weighted by Crippen LogP contribution is -2.35. The van der Waals surface area contributed by atoms with E-state index in [1.807, 2.05) is 0 Å². The van der Waals surface area contributed by atoms with Gasteiger partial charge in [-0.1, -0.05) is 0 Å². The van der Waals surface area contributed by atoms with Gasteiger partial charge in [0, 0.05) is 31.3 Å². The smallest absolute Gasteiger partial charge is 0.204 e. The molecule has 0 saturated heterocycles. The van der Waals surface area contributed by atoms with E-state index in [0.717, 1.165) is 5.75 Å². The second kappa shape index (κ2) is 8.20. The van der Waals surface area contributed by atoms with Gasteiger partial charge in [-0.15, -0.1) is 0 Å². The molecule has 1 rings (SSSR count). The molecule has 1 heterocycles. The Morgan fingerprint density at radius 3 is 3.17 bits per heavy atom. The average Bonchev–Trinajstić information content (AvgIpc) is 2.39. The molecule has 0 bridgehead atoms. The molecule has 0 aliphatic rings. The molecule has 1 aromatic rings. The molecule has 3 N–H and O–H groups in total. The van der Waals surface area contributed by atoms with Gasteiger partial charge in [0.1, 0.15) is 5.75 Å². The predicted molar refractivity (Wildman–Crippen MR) is 72.2 cm³/mol. The van der Waals surface area contributed by atoms with Crippen molar-refractivity contribution in [2.24, 2.45) is 4.99 Å². The molecule has 0 amide bonds. The zero-order chi connectivity index (χ0) is 13.2. The molecule has 0 spiro atoms. The number of aromatic hydroxyl groups is 1. The molecule has 18 heavy (non-hydrogen) atoms. The first-order valence-corrected chi connectivity index (χ1v) is 6.49. The molecule has 96 valence electrons. The number of nitrogens with one attached hydrogen (secondary N) is 2. The van der Waals surface area contributed by atoms with E-state index in [1.54, 1.807) is 43.3 Å². The van der Waals surface area contributed by atoms with Gasteiger partial charge >= 0.3 is 0 Å². The normalized spacial score (nSPS) is 10.8. The zero-order valence-corrected chi connectivity index (χ0v) is 10.9. The van der Waals surface area contributed by atoms with Crippen LogP contribution in [0.2, 0.25) is 0 Å². The molecule has 0 aliphatic carbocycles. The number of rotatable bonds is 5. The second-order valence-corrected chi connectivity index (χ2v) is 4.36. The maximum atomic E-state index is 9.51. The molecule has 0 atom stereocenters. The first-order valence-electron chi connectivity index (χ1n) is 5.34. The predicted octanol–water partition coefficient (Wildman–Crippen LogP) is 0.666. The monoisotopic (exact) mass is 265 g/mol. The Morgan fingerprint density at radius 2 is 2.50 bits per heavy atom. The molecule has 6 nitrogen and oxygen atoms in total. The van der Waals surface area contributed by atoms with E-state index in [4.69, 9.17) is 5.26 Å². The number of pyridine rings is 1. The van der Waals surface area contributed by atoms with Gasteiger partial charge in [-0.05, 0) is 12.1 Å². The van der Waals surface area contributed by atoms with E-state index < -0.39 is 0 Å². The molecule has 1 aromatic heterocycles. The molecule has 0 unspecified atom stereocenters. The lowest BCUT2D eigenvalue weighted by molar-refractivity contribution is 0.467. The van der Waals surface area contributed by atoms with E-state index >= 15 is 0 Å². The average molecular weight is 265 g/mol. The number of thioether (sulfide) groups is 1. The molecule has 0 saturated carbocycles. The lowest BCUT2D eigenvalue weighted by atomic mass is 10.3. The van der Waals surface area contributed by atoms with E-state index in [9.17, 15) is 5.11 Å². The third-order valence-corrected chi connectivity index (χ3v) is 3.01. The van der Waals surface area contributed by atoms with Crippen LogP contribution < -0.4 is 10.6 Å². The van der Waals surface area contributed by atoms with E-state index in [1.165, 1.54) is 0 Å². The molecule has 0 aliphatic heterocycles. The van der Waals surface area contributed by atoms with Gasteiger partial charge < -0.3 is 10.4 Å². The zero-order valence-electron chi connectivity index (χ0n) is 10.1. The summed E-state index contributed by atoms with van der Waals surface area (Å²) < 4.78 is 0. The maximum Gasteiger partial charge on any atom is 0.204 e. The molecule has 0 fully saturated rings. The van der Waals surface area contributed by atoms with Crippen molar-refractivity contribution in [3.63, 3.8) is 0 Å². The number of hydrogen-bond acceptors (Lipinski definition) is 5. The highest BCUT2D eigenvalue weighted by Crippen LogP contribution is 2.18. The van der Waals surface area contributed by atoms with Gasteiger partial charge in [0.25, 0.3) is 0 Å². The second-order valence-electron chi connectivity index (χ2n) is 3.26. The number of aliphatic imine (C=N–C) groups is 1. The van der Waals surface area contributed by atoms with Gasteiger partial charge in [-0.3, -0.25) is 15.3 Å². The molecular formula is C11H15N5OS. The van der Waals surface area contributed by atoms with Crippen LogP contribution >= 0.6 is 11.8 Å². The Bertz CT molecular complexity index is 443. The first-order chi connectivity index (χ1) is 8.77. The van der Waals surface area contributed by atoms with E-state index in [2.05, 4.69) is 20.6 Å². The summed E-state index contributed by atoms with van der Waals surface area (Å²) in [4.78, 5) is 7.94. The van der Waals surface area contributed by atoms with Gasteiger partial charge in [0.05, 0.1) is 5.69 Å². The Kier molecular flexibility index (Phi) is 6.43. The quantitative estimate of drug-likeness (QED) is 0.238. The number of guanidine groups is 1. The highest BCUT2D eigenvalue weighted by atomic mass is 32.2. The minimum absolute atomic E-state index is 0.222. The van der Waals surface area contributed by atoms with Crippen molar-refractivity contribution >= 4 is 17.7 Å². The van der Waals surface area contributed by atoms with Crippen molar-refractivity contribution in [3.05, 3.63) is 24.0 Å². The summed E-state index contributed by atoms with van der Waals surface area (Å²) in [5.41, 5.74) is 0.682. The Morgan fingerprint density at radius 1 is 1.67 bits per heavy atom. The minimum atomic E-state index is 0.222. The molecule has 0 radical (unpaired) electrons. The van der Waals surface area contributed by atoms with Crippen molar-refractivity contribution in [2.75, 3.05) is 19.3 Å². The standard InChI is InChI=1S/C11H15N5OS/c1-13-11(16-8-12)15-5-6-18-7-9-10(17)3-2-4-14-9/h2-4,17H,5-7H2,1H3,(H2,13,15,16). The Labute approximate surface area is 110 Å². The SMILES string of the molecule is CN=C(NC#N)NCCSCc1ncccc1O. The van der Waals surface area contributed by atoms with E-state index in [0.29, 0.717) is 24.0 Å². The van der Waals surface area contributed by atoms with Crippen LogP contribution in [0.25, 0.3) is 0 Å². The van der Waals surface area contributed by atoms with Gasteiger partial charge in [0.2, 0.25) is 5.96 Å². The fourth-order valence-electron chi connectivity index (χ4n) is 1.18. The third-order valence-electron chi connectivity index (χ3n) is 2.04. The third kappa shape index (κ3) is 4.93.